The number of anilines is 1. The third-order valence-electron chi connectivity index (χ3n) is 3.41. The van der Waals surface area contributed by atoms with Gasteiger partial charge in [-0.05, 0) is 52.2 Å². The van der Waals surface area contributed by atoms with Crippen molar-refractivity contribution in [1.82, 2.24) is 15.1 Å². The maximum absolute atomic E-state index is 5.68. The molecule has 0 bridgehead atoms. The Morgan fingerprint density at radius 3 is 2.48 bits per heavy atom. The molecule has 1 aromatic heterocycles. The molecule has 0 amide bonds. The highest BCUT2D eigenvalue weighted by Gasteiger charge is 2.05. The summed E-state index contributed by atoms with van der Waals surface area (Å²) < 4.78 is 5.68. The van der Waals surface area contributed by atoms with Crippen molar-refractivity contribution in [2.75, 3.05) is 32.6 Å². The molecule has 5 nitrogen and oxygen atoms in total. The predicted molar refractivity (Wildman–Crippen MR) is 85.9 cm³/mol. The van der Waals surface area contributed by atoms with Crippen LogP contribution in [0.5, 0.6) is 5.75 Å². The fraction of sp³-hybridized carbons (Fsp3) is 0.438. The van der Waals surface area contributed by atoms with E-state index in [1.54, 1.807) is 0 Å². The minimum Gasteiger partial charge on any atom is -0.492 e. The number of ether oxygens (including phenoxy) is 1. The van der Waals surface area contributed by atoms with Gasteiger partial charge in [0.25, 0.3) is 0 Å². The van der Waals surface area contributed by atoms with Gasteiger partial charge in [0.2, 0.25) is 0 Å². The van der Waals surface area contributed by atoms with Gasteiger partial charge in [-0.3, -0.25) is 5.10 Å². The minimum absolute atomic E-state index is 0.702. The van der Waals surface area contributed by atoms with Crippen molar-refractivity contribution in [3.8, 4) is 5.75 Å². The predicted octanol–water partition coefficient (Wildman–Crippen LogP) is 2.58. The largest absolute Gasteiger partial charge is 0.492 e. The van der Waals surface area contributed by atoms with Crippen molar-refractivity contribution in [3.05, 3.63) is 41.2 Å². The van der Waals surface area contributed by atoms with Gasteiger partial charge in [0.15, 0.2) is 0 Å². The molecule has 0 aliphatic heterocycles. The quantitative estimate of drug-likeness (QED) is 0.822. The number of aryl methyl sites for hydroxylation is 2. The molecule has 2 N–H and O–H groups in total. The molecule has 0 radical (unpaired) electrons. The molecule has 0 aliphatic rings. The van der Waals surface area contributed by atoms with Crippen molar-refractivity contribution in [2.45, 2.75) is 20.4 Å². The van der Waals surface area contributed by atoms with Gasteiger partial charge in [0.05, 0.1) is 5.69 Å². The number of rotatable bonds is 7. The smallest absolute Gasteiger partial charge is 0.119 e. The number of hydrogen-bond donors (Lipinski definition) is 2. The van der Waals surface area contributed by atoms with Crippen molar-refractivity contribution in [3.63, 3.8) is 0 Å². The first-order valence-electron chi connectivity index (χ1n) is 7.18. The number of aromatic amines is 1. The normalized spacial score (nSPS) is 10.9. The van der Waals surface area contributed by atoms with Gasteiger partial charge in [0, 0.05) is 30.0 Å². The second-order valence-corrected chi connectivity index (χ2v) is 5.44. The van der Waals surface area contributed by atoms with Gasteiger partial charge in [0.1, 0.15) is 12.4 Å². The highest BCUT2D eigenvalue weighted by atomic mass is 16.5. The zero-order valence-corrected chi connectivity index (χ0v) is 13.2. The first-order chi connectivity index (χ1) is 10.1. The summed E-state index contributed by atoms with van der Waals surface area (Å²) in [5, 5.41) is 10.6. The summed E-state index contributed by atoms with van der Waals surface area (Å²) in [4.78, 5) is 2.10. The van der Waals surface area contributed by atoms with Crippen molar-refractivity contribution < 1.29 is 4.74 Å². The lowest BCUT2D eigenvalue weighted by atomic mass is 10.2. The van der Waals surface area contributed by atoms with Crippen LogP contribution in [0.4, 0.5) is 5.69 Å². The van der Waals surface area contributed by atoms with Gasteiger partial charge in [-0.2, -0.15) is 5.10 Å². The minimum atomic E-state index is 0.702. The first-order valence-corrected chi connectivity index (χ1v) is 7.18. The van der Waals surface area contributed by atoms with Gasteiger partial charge in [-0.1, -0.05) is 0 Å². The van der Waals surface area contributed by atoms with E-state index in [0.717, 1.165) is 35.9 Å². The van der Waals surface area contributed by atoms with E-state index in [1.165, 1.54) is 5.56 Å². The molecular weight excluding hydrogens is 264 g/mol. The van der Waals surface area contributed by atoms with E-state index >= 15 is 0 Å². The van der Waals surface area contributed by atoms with Crippen LogP contribution in [-0.4, -0.2) is 42.3 Å². The van der Waals surface area contributed by atoms with Crippen LogP contribution in [-0.2, 0) is 6.54 Å². The lowest BCUT2D eigenvalue weighted by Crippen LogP contribution is -2.19. The second kappa shape index (κ2) is 7.13. The first kappa shape index (κ1) is 15.4. The van der Waals surface area contributed by atoms with E-state index in [2.05, 4.69) is 20.4 Å². The molecule has 0 aliphatic carbocycles. The third-order valence-corrected chi connectivity index (χ3v) is 3.41. The molecule has 2 rings (SSSR count). The maximum Gasteiger partial charge on any atom is 0.119 e. The Bertz CT molecular complexity index is 541. The molecule has 1 aromatic carbocycles. The highest BCUT2D eigenvalue weighted by molar-refractivity contribution is 5.47. The maximum atomic E-state index is 5.68. The molecule has 0 unspecified atom stereocenters. The Morgan fingerprint density at radius 1 is 1.19 bits per heavy atom. The molecule has 5 heteroatoms. The van der Waals surface area contributed by atoms with Crippen molar-refractivity contribution in [2.24, 2.45) is 0 Å². The molecular formula is C16H24N4O. The number of benzene rings is 1. The van der Waals surface area contributed by atoms with Crippen LogP contribution in [0.2, 0.25) is 0 Å². The monoisotopic (exact) mass is 288 g/mol. The number of nitrogens with one attached hydrogen (secondary N) is 2. The Morgan fingerprint density at radius 2 is 1.90 bits per heavy atom. The van der Waals surface area contributed by atoms with E-state index in [9.17, 15) is 0 Å². The molecule has 114 valence electrons. The van der Waals surface area contributed by atoms with E-state index in [0.29, 0.717) is 6.61 Å². The van der Waals surface area contributed by atoms with Gasteiger partial charge in [-0.15, -0.1) is 0 Å². The third kappa shape index (κ3) is 4.49. The standard InChI is InChI=1S/C16H24N4O/c1-12-16(13(2)19-18-12)11-17-14-5-7-15(8-6-14)21-10-9-20(3)4/h5-8,17H,9-11H2,1-4H3,(H,18,19). The molecule has 1 heterocycles. The van der Waals surface area contributed by atoms with Crippen LogP contribution in [0.1, 0.15) is 17.0 Å². The highest BCUT2D eigenvalue weighted by Crippen LogP contribution is 2.17. The Kier molecular flexibility index (Phi) is 5.22. The van der Waals surface area contributed by atoms with Gasteiger partial charge >= 0.3 is 0 Å². The van der Waals surface area contributed by atoms with Crippen LogP contribution in [0.15, 0.2) is 24.3 Å². The molecule has 0 atom stereocenters. The van der Waals surface area contributed by atoms with Gasteiger partial charge < -0.3 is 15.0 Å². The summed E-state index contributed by atoms with van der Waals surface area (Å²) in [6, 6.07) is 8.06. The Labute approximate surface area is 126 Å². The SMILES string of the molecule is Cc1n[nH]c(C)c1CNc1ccc(OCCN(C)C)cc1. The zero-order chi connectivity index (χ0) is 15.2. The van der Waals surface area contributed by atoms with Crippen LogP contribution in [0.3, 0.4) is 0 Å². The van der Waals surface area contributed by atoms with E-state index in [4.69, 9.17) is 4.74 Å². The molecule has 0 spiro atoms. The van der Waals surface area contributed by atoms with Crippen LogP contribution < -0.4 is 10.1 Å². The average Bonchev–Trinajstić information content (AvgIpc) is 2.77. The van der Waals surface area contributed by atoms with E-state index < -0.39 is 0 Å². The van der Waals surface area contributed by atoms with Crippen molar-refractivity contribution >= 4 is 5.69 Å². The number of H-pyrrole nitrogens is 1. The molecule has 2 aromatic rings. The molecule has 21 heavy (non-hydrogen) atoms. The number of likely N-dealkylation sites (N-methyl/N-ethyl adjacent to an activating group) is 1. The summed E-state index contributed by atoms with van der Waals surface area (Å²) in [6.45, 7) is 6.45. The van der Waals surface area contributed by atoms with Crippen LogP contribution in [0, 0.1) is 13.8 Å². The number of aromatic nitrogens is 2. The topological polar surface area (TPSA) is 53.2 Å². The fourth-order valence-electron chi connectivity index (χ4n) is 2.04. The molecule has 0 fully saturated rings. The lowest BCUT2D eigenvalue weighted by Gasteiger charge is -2.12. The summed E-state index contributed by atoms with van der Waals surface area (Å²) >= 11 is 0. The van der Waals surface area contributed by atoms with Crippen LogP contribution >= 0.6 is 0 Å². The van der Waals surface area contributed by atoms with E-state index in [-0.39, 0.29) is 0 Å². The number of hydrogen-bond acceptors (Lipinski definition) is 4. The van der Waals surface area contributed by atoms with Crippen molar-refractivity contribution in [1.29, 1.82) is 0 Å². The zero-order valence-electron chi connectivity index (χ0n) is 13.2. The van der Waals surface area contributed by atoms with Crippen LogP contribution in [0.25, 0.3) is 0 Å². The number of nitrogens with zero attached hydrogens (tertiary/aromatic N) is 2. The summed E-state index contributed by atoms with van der Waals surface area (Å²) in [7, 11) is 4.08. The molecule has 0 saturated heterocycles. The van der Waals surface area contributed by atoms with E-state index in [1.807, 2.05) is 52.2 Å². The fourth-order valence-corrected chi connectivity index (χ4v) is 2.04. The Hall–Kier alpha value is -2.01. The summed E-state index contributed by atoms with van der Waals surface area (Å²) in [6.07, 6.45) is 0. The molecule has 0 saturated carbocycles. The van der Waals surface area contributed by atoms with Gasteiger partial charge in [-0.25, -0.2) is 0 Å². The second-order valence-electron chi connectivity index (χ2n) is 5.44. The Balaban J connectivity index is 1.85. The lowest BCUT2D eigenvalue weighted by molar-refractivity contribution is 0.261. The summed E-state index contributed by atoms with van der Waals surface area (Å²) in [5.74, 6) is 0.901. The average molecular weight is 288 g/mol. The summed E-state index contributed by atoms with van der Waals surface area (Å²) in [5.41, 5.74) is 4.46.